The minimum atomic E-state index is -0.518. The average molecular weight is 272 g/mol. The summed E-state index contributed by atoms with van der Waals surface area (Å²) in [5.41, 5.74) is 6.19. The molecule has 1 rings (SSSR count). The number of carbonyl (C=O) groups is 1. The number of rotatable bonds is 3. The summed E-state index contributed by atoms with van der Waals surface area (Å²) >= 11 is 5.67. The van der Waals surface area contributed by atoms with E-state index in [0.29, 0.717) is 5.15 Å². The van der Waals surface area contributed by atoms with E-state index in [9.17, 15) is 4.79 Å². The second-order valence-electron chi connectivity index (χ2n) is 4.90. The fourth-order valence-electron chi connectivity index (χ4n) is 1.23. The summed E-state index contributed by atoms with van der Waals surface area (Å²) in [6.45, 7) is 5.68. The monoisotopic (exact) mass is 271 g/mol. The maximum Gasteiger partial charge on any atom is 0.407 e. The quantitative estimate of drug-likeness (QED) is 0.827. The Hall–Kier alpha value is -1.33. The summed E-state index contributed by atoms with van der Waals surface area (Å²) < 4.78 is 5.10. The standard InChI is InChI=1S/C12H18ClN3O2/c1-12(2,3)18-11(17)16-7-9(14)8-4-5-10(13)15-6-8/h4-6,9H,7,14H2,1-3H3,(H,16,17). The number of alkyl carbamates (subject to hydrolysis) is 1. The summed E-state index contributed by atoms with van der Waals surface area (Å²) in [5, 5.41) is 3.01. The Labute approximate surface area is 112 Å². The van der Waals surface area contributed by atoms with Crippen LogP contribution in [0.15, 0.2) is 18.3 Å². The molecule has 0 aliphatic rings. The molecule has 1 amide bonds. The number of pyridine rings is 1. The number of amides is 1. The normalized spacial score (nSPS) is 12.9. The maximum absolute atomic E-state index is 11.4. The highest BCUT2D eigenvalue weighted by Crippen LogP contribution is 2.11. The fraction of sp³-hybridized carbons (Fsp3) is 0.500. The van der Waals surface area contributed by atoms with Crippen LogP contribution in [-0.2, 0) is 4.74 Å². The molecule has 0 bridgehead atoms. The summed E-state index contributed by atoms with van der Waals surface area (Å²) in [6.07, 6.45) is 1.10. The molecule has 5 nitrogen and oxygen atoms in total. The summed E-state index contributed by atoms with van der Waals surface area (Å²) in [4.78, 5) is 15.4. The van der Waals surface area contributed by atoms with Crippen molar-refractivity contribution in [3.63, 3.8) is 0 Å². The maximum atomic E-state index is 11.4. The van der Waals surface area contributed by atoms with Crippen molar-refractivity contribution in [3.05, 3.63) is 29.0 Å². The van der Waals surface area contributed by atoms with Gasteiger partial charge < -0.3 is 15.8 Å². The number of carbonyl (C=O) groups excluding carboxylic acids is 1. The number of nitrogens with one attached hydrogen (secondary N) is 1. The average Bonchev–Trinajstić information content (AvgIpc) is 2.24. The van der Waals surface area contributed by atoms with Crippen LogP contribution in [0.3, 0.4) is 0 Å². The van der Waals surface area contributed by atoms with Gasteiger partial charge in [0.05, 0.1) is 0 Å². The number of nitrogens with two attached hydrogens (primary N) is 1. The van der Waals surface area contributed by atoms with Crippen molar-refractivity contribution < 1.29 is 9.53 Å². The lowest BCUT2D eigenvalue weighted by atomic mass is 10.1. The van der Waals surface area contributed by atoms with E-state index >= 15 is 0 Å². The van der Waals surface area contributed by atoms with Gasteiger partial charge in [-0.15, -0.1) is 0 Å². The number of aromatic nitrogens is 1. The molecular formula is C12H18ClN3O2. The Balaban J connectivity index is 2.44. The first-order valence-electron chi connectivity index (χ1n) is 5.62. The number of ether oxygens (including phenoxy) is 1. The zero-order valence-electron chi connectivity index (χ0n) is 10.7. The first-order valence-corrected chi connectivity index (χ1v) is 5.99. The molecule has 0 aliphatic carbocycles. The van der Waals surface area contributed by atoms with Crippen molar-refractivity contribution in [1.29, 1.82) is 0 Å². The fourth-order valence-corrected chi connectivity index (χ4v) is 1.34. The Morgan fingerprint density at radius 1 is 1.56 bits per heavy atom. The third-order valence-corrected chi connectivity index (χ3v) is 2.27. The molecule has 0 radical (unpaired) electrons. The summed E-state index contributed by atoms with van der Waals surface area (Å²) in [6, 6.07) is 3.09. The van der Waals surface area contributed by atoms with Gasteiger partial charge in [0, 0.05) is 18.8 Å². The van der Waals surface area contributed by atoms with Crippen molar-refractivity contribution in [2.45, 2.75) is 32.4 Å². The molecule has 100 valence electrons. The zero-order valence-corrected chi connectivity index (χ0v) is 11.5. The number of hydrogen-bond donors (Lipinski definition) is 2. The predicted octanol–water partition coefficient (Wildman–Crippen LogP) is 2.26. The van der Waals surface area contributed by atoms with E-state index < -0.39 is 11.7 Å². The van der Waals surface area contributed by atoms with Gasteiger partial charge in [-0.1, -0.05) is 17.7 Å². The van der Waals surface area contributed by atoms with Crippen molar-refractivity contribution in [1.82, 2.24) is 10.3 Å². The van der Waals surface area contributed by atoms with Crippen LogP contribution >= 0.6 is 11.6 Å². The lowest BCUT2D eigenvalue weighted by Crippen LogP contribution is -2.36. The number of halogens is 1. The van der Waals surface area contributed by atoms with E-state index in [0.717, 1.165) is 5.56 Å². The van der Waals surface area contributed by atoms with E-state index in [1.807, 2.05) is 0 Å². The first-order chi connectivity index (χ1) is 8.28. The number of hydrogen-bond acceptors (Lipinski definition) is 4. The third kappa shape index (κ3) is 5.33. The van der Waals surface area contributed by atoms with Gasteiger partial charge >= 0.3 is 6.09 Å². The second kappa shape index (κ2) is 6.02. The van der Waals surface area contributed by atoms with Crippen molar-refractivity contribution in [3.8, 4) is 0 Å². The molecular weight excluding hydrogens is 254 g/mol. The van der Waals surface area contributed by atoms with Gasteiger partial charge in [0.1, 0.15) is 10.8 Å². The van der Waals surface area contributed by atoms with Crippen LogP contribution < -0.4 is 11.1 Å². The Bertz CT molecular complexity index is 401. The van der Waals surface area contributed by atoms with E-state index in [-0.39, 0.29) is 12.6 Å². The molecule has 0 aromatic carbocycles. The summed E-state index contributed by atoms with van der Waals surface area (Å²) in [5.74, 6) is 0. The molecule has 3 N–H and O–H groups in total. The number of nitrogens with zero attached hydrogens (tertiary/aromatic N) is 1. The Morgan fingerprint density at radius 2 is 2.22 bits per heavy atom. The largest absolute Gasteiger partial charge is 0.444 e. The highest BCUT2D eigenvalue weighted by Gasteiger charge is 2.16. The van der Waals surface area contributed by atoms with Gasteiger partial charge in [0.2, 0.25) is 0 Å². The molecule has 18 heavy (non-hydrogen) atoms. The molecule has 6 heteroatoms. The summed E-state index contributed by atoms with van der Waals surface area (Å²) in [7, 11) is 0. The van der Waals surface area contributed by atoms with Crippen LogP contribution in [0.4, 0.5) is 4.79 Å². The van der Waals surface area contributed by atoms with Gasteiger partial charge in [0.15, 0.2) is 0 Å². The molecule has 0 aliphatic heterocycles. The smallest absolute Gasteiger partial charge is 0.407 e. The molecule has 1 atom stereocenters. The van der Waals surface area contributed by atoms with E-state index in [1.54, 1.807) is 39.1 Å². The van der Waals surface area contributed by atoms with E-state index in [4.69, 9.17) is 22.1 Å². The van der Waals surface area contributed by atoms with Crippen LogP contribution in [0.2, 0.25) is 5.15 Å². The molecule has 1 aromatic heterocycles. The molecule has 0 spiro atoms. The van der Waals surface area contributed by atoms with Gasteiger partial charge in [-0.2, -0.15) is 0 Å². The predicted molar refractivity (Wildman–Crippen MR) is 70.4 cm³/mol. The van der Waals surface area contributed by atoms with Crippen LogP contribution in [0.1, 0.15) is 32.4 Å². The lowest BCUT2D eigenvalue weighted by Gasteiger charge is -2.20. The third-order valence-electron chi connectivity index (χ3n) is 2.04. The van der Waals surface area contributed by atoms with E-state index in [2.05, 4.69) is 10.3 Å². The van der Waals surface area contributed by atoms with Gasteiger partial charge in [-0.3, -0.25) is 0 Å². The highest BCUT2D eigenvalue weighted by molar-refractivity contribution is 6.29. The molecule has 0 saturated heterocycles. The van der Waals surface area contributed by atoms with Crippen molar-refractivity contribution >= 4 is 17.7 Å². The SMILES string of the molecule is CC(C)(C)OC(=O)NCC(N)c1ccc(Cl)nc1. The molecule has 1 aromatic rings. The second-order valence-corrected chi connectivity index (χ2v) is 5.29. The minimum Gasteiger partial charge on any atom is -0.444 e. The van der Waals surface area contributed by atoms with Crippen molar-refractivity contribution in [2.24, 2.45) is 5.73 Å². The van der Waals surface area contributed by atoms with Gasteiger partial charge in [0.25, 0.3) is 0 Å². The molecule has 1 heterocycles. The van der Waals surface area contributed by atoms with E-state index in [1.165, 1.54) is 0 Å². The first kappa shape index (κ1) is 14.7. The highest BCUT2D eigenvalue weighted by atomic mass is 35.5. The Kier molecular flexibility index (Phi) is 4.93. The molecule has 0 fully saturated rings. The minimum absolute atomic E-state index is 0.276. The van der Waals surface area contributed by atoms with Crippen LogP contribution in [-0.4, -0.2) is 23.2 Å². The zero-order chi connectivity index (χ0) is 13.8. The van der Waals surface area contributed by atoms with Gasteiger partial charge in [-0.25, -0.2) is 9.78 Å². The molecule has 0 saturated carbocycles. The van der Waals surface area contributed by atoms with Gasteiger partial charge in [-0.05, 0) is 32.4 Å². The van der Waals surface area contributed by atoms with Crippen LogP contribution in [0.25, 0.3) is 0 Å². The topological polar surface area (TPSA) is 77.2 Å². The Morgan fingerprint density at radius 3 is 2.72 bits per heavy atom. The van der Waals surface area contributed by atoms with Crippen molar-refractivity contribution in [2.75, 3.05) is 6.54 Å². The lowest BCUT2D eigenvalue weighted by molar-refractivity contribution is 0.0524. The molecule has 1 unspecified atom stereocenters. The van der Waals surface area contributed by atoms with Crippen LogP contribution in [0.5, 0.6) is 0 Å². The van der Waals surface area contributed by atoms with Crippen LogP contribution in [0, 0.1) is 0 Å².